The van der Waals surface area contributed by atoms with Crippen molar-refractivity contribution in [1.82, 2.24) is 10.3 Å². The molecule has 3 rings (SSSR count). The minimum atomic E-state index is -0.594. The number of ether oxygens (including phenoxy) is 1. The molecule has 5 heteroatoms. The lowest BCUT2D eigenvalue weighted by Crippen LogP contribution is -2.42. The highest BCUT2D eigenvalue weighted by Crippen LogP contribution is 2.33. The fourth-order valence-electron chi connectivity index (χ4n) is 2.57. The number of benzene rings is 1. The molecule has 1 aromatic carbocycles. The van der Waals surface area contributed by atoms with Gasteiger partial charge in [0.15, 0.2) is 0 Å². The quantitative estimate of drug-likeness (QED) is 0.860. The van der Waals surface area contributed by atoms with Crippen molar-refractivity contribution in [2.75, 3.05) is 7.11 Å². The van der Waals surface area contributed by atoms with Crippen LogP contribution in [0.25, 0.3) is 10.9 Å². The number of esters is 1. The predicted molar refractivity (Wildman–Crippen MR) is 82.4 cm³/mol. The summed E-state index contributed by atoms with van der Waals surface area (Å²) in [6.45, 7) is 0. The molecule has 0 spiro atoms. The molecule has 1 aliphatic rings. The summed E-state index contributed by atoms with van der Waals surface area (Å²) in [6.07, 6.45) is 4.51. The Bertz CT molecular complexity index is 705. The summed E-state index contributed by atoms with van der Waals surface area (Å²) in [7, 11) is 1.34. The number of para-hydroxylation sites is 1. The first-order valence-electron chi connectivity index (χ1n) is 7.41. The van der Waals surface area contributed by atoms with Gasteiger partial charge in [-0.05, 0) is 24.5 Å². The smallest absolute Gasteiger partial charge is 0.328 e. The summed E-state index contributed by atoms with van der Waals surface area (Å²) in [6, 6.07) is 8.57. The van der Waals surface area contributed by atoms with Gasteiger partial charge < -0.3 is 10.1 Å². The van der Waals surface area contributed by atoms with Gasteiger partial charge in [0, 0.05) is 11.6 Å². The van der Waals surface area contributed by atoms with Crippen LogP contribution in [0.4, 0.5) is 0 Å². The lowest BCUT2D eigenvalue weighted by Gasteiger charge is -2.16. The first kappa shape index (κ1) is 14.5. The Balaban J connectivity index is 1.83. The van der Waals surface area contributed by atoms with Gasteiger partial charge in [0.05, 0.1) is 18.2 Å². The van der Waals surface area contributed by atoms with Gasteiger partial charge in [-0.2, -0.15) is 0 Å². The van der Waals surface area contributed by atoms with Gasteiger partial charge in [-0.1, -0.05) is 31.0 Å². The third-order valence-corrected chi connectivity index (χ3v) is 3.93. The molecule has 0 bridgehead atoms. The molecule has 1 aliphatic carbocycles. The van der Waals surface area contributed by atoms with Gasteiger partial charge in [-0.25, -0.2) is 4.79 Å². The molecule has 22 heavy (non-hydrogen) atoms. The van der Waals surface area contributed by atoms with Gasteiger partial charge in [-0.3, -0.25) is 9.78 Å². The zero-order chi connectivity index (χ0) is 15.5. The second-order valence-electron chi connectivity index (χ2n) is 5.61. The van der Waals surface area contributed by atoms with Crippen molar-refractivity contribution in [3.05, 3.63) is 42.1 Å². The van der Waals surface area contributed by atoms with E-state index in [0.29, 0.717) is 23.4 Å². The Morgan fingerprint density at radius 1 is 1.32 bits per heavy atom. The third-order valence-electron chi connectivity index (χ3n) is 3.93. The second-order valence-corrected chi connectivity index (χ2v) is 5.61. The fourth-order valence-corrected chi connectivity index (χ4v) is 2.57. The topological polar surface area (TPSA) is 68.3 Å². The zero-order valence-electron chi connectivity index (χ0n) is 12.4. The number of fused-ring (bicyclic) bond motifs is 1. The van der Waals surface area contributed by atoms with Crippen molar-refractivity contribution in [3.8, 4) is 0 Å². The molecule has 1 N–H and O–H groups in total. The molecule has 1 heterocycles. The van der Waals surface area contributed by atoms with E-state index in [1.165, 1.54) is 7.11 Å². The number of amides is 1. The van der Waals surface area contributed by atoms with Crippen LogP contribution in [0.15, 0.2) is 36.5 Å². The zero-order valence-corrected chi connectivity index (χ0v) is 12.4. The highest BCUT2D eigenvalue weighted by molar-refractivity contribution is 6.06. The normalized spacial score (nSPS) is 15.3. The van der Waals surface area contributed by atoms with Crippen LogP contribution < -0.4 is 5.32 Å². The van der Waals surface area contributed by atoms with E-state index in [-0.39, 0.29) is 5.91 Å². The SMILES string of the molecule is COC(=O)[C@@H](CC1CC1)NC(=O)c1cccc2cccnc12. The minimum absolute atomic E-state index is 0.291. The highest BCUT2D eigenvalue weighted by Gasteiger charge is 2.31. The molecular formula is C17H18N2O3. The first-order chi connectivity index (χ1) is 10.7. The molecule has 0 saturated heterocycles. The van der Waals surface area contributed by atoms with Crippen molar-refractivity contribution < 1.29 is 14.3 Å². The molecular weight excluding hydrogens is 280 g/mol. The lowest BCUT2D eigenvalue weighted by atomic mass is 10.1. The van der Waals surface area contributed by atoms with Gasteiger partial charge in [0.2, 0.25) is 0 Å². The number of pyridine rings is 1. The van der Waals surface area contributed by atoms with Gasteiger partial charge >= 0.3 is 5.97 Å². The average Bonchev–Trinajstić information content (AvgIpc) is 3.37. The molecule has 0 aliphatic heterocycles. The predicted octanol–water partition coefficient (Wildman–Crippen LogP) is 2.31. The Morgan fingerprint density at radius 3 is 2.82 bits per heavy atom. The number of carbonyl (C=O) groups excluding carboxylic acids is 2. The van der Waals surface area contributed by atoms with Crippen LogP contribution in [0.3, 0.4) is 0 Å². The number of nitrogens with zero attached hydrogens (tertiary/aromatic N) is 1. The molecule has 1 aromatic heterocycles. The summed E-state index contributed by atoms with van der Waals surface area (Å²) in [5, 5.41) is 3.69. The Kier molecular flexibility index (Phi) is 4.04. The standard InChI is InChI=1S/C17H18N2O3/c1-22-17(21)14(10-11-7-8-11)19-16(20)13-6-2-4-12-5-3-9-18-15(12)13/h2-6,9,11,14H,7-8,10H2,1H3,(H,19,20)/t14-/m1/s1. The largest absolute Gasteiger partial charge is 0.467 e. The van der Waals surface area contributed by atoms with E-state index in [1.807, 2.05) is 24.3 Å². The maximum absolute atomic E-state index is 12.5. The van der Waals surface area contributed by atoms with Crippen molar-refractivity contribution in [1.29, 1.82) is 0 Å². The summed E-state index contributed by atoms with van der Waals surface area (Å²) in [5.74, 6) is -0.177. The maximum Gasteiger partial charge on any atom is 0.328 e. The number of aromatic nitrogens is 1. The van der Waals surface area contributed by atoms with Gasteiger partial charge in [-0.15, -0.1) is 0 Å². The molecule has 114 valence electrons. The van der Waals surface area contributed by atoms with Crippen molar-refractivity contribution >= 4 is 22.8 Å². The van der Waals surface area contributed by atoms with Crippen molar-refractivity contribution in [2.24, 2.45) is 5.92 Å². The van der Waals surface area contributed by atoms with E-state index < -0.39 is 12.0 Å². The van der Waals surface area contributed by atoms with E-state index in [2.05, 4.69) is 10.3 Å². The maximum atomic E-state index is 12.5. The monoisotopic (exact) mass is 298 g/mol. The molecule has 1 fully saturated rings. The fraction of sp³-hybridized carbons (Fsp3) is 0.353. The molecule has 5 nitrogen and oxygen atoms in total. The van der Waals surface area contributed by atoms with E-state index in [0.717, 1.165) is 18.2 Å². The molecule has 0 unspecified atom stereocenters. The number of carbonyl (C=O) groups is 2. The molecule has 1 atom stereocenters. The summed E-state index contributed by atoms with van der Waals surface area (Å²) < 4.78 is 4.80. The highest BCUT2D eigenvalue weighted by atomic mass is 16.5. The van der Waals surface area contributed by atoms with Crippen LogP contribution in [-0.4, -0.2) is 30.0 Å². The van der Waals surface area contributed by atoms with E-state index in [9.17, 15) is 9.59 Å². The van der Waals surface area contributed by atoms with Crippen LogP contribution in [0, 0.1) is 5.92 Å². The van der Waals surface area contributed by atoms with Crippen molar-refractivity contribution in [3.63, 3.8) is 0 Å². The van der Waals surface area contributed by atoms with Gasteiger partial charge in [0.25, 0.3) is 5.91 Å². The Labute approximate surface area is 128 Å². The number of hydrogen-bond acceptors (Lipinski definition) is 4. The molecule has 1 saturated carbocycles. The van der Waals surface area contributed by atoms with Crippen LogP contribution in [0.1, 0.15) is 29.6 Å². The average molecular weight is 298 g/mol. The van der Waals surface area contributed by atoms with Crippen LogP contribution in [0.5, 0.6) is 0 Å². The van der Waals surface area contributed by atoms with Crippen LogP contribution >= 0.6 is 0 Å². The number of methoxy groups -OCH3 is 1. The molecule has 2 aromatic rings. The van der Waals surface area contributed by atoms with Crippen LogP contribution in [0.2, 0.25) is 0 Å². The van der Waals surface area contributed by atoms with Crippen molar-refractivity contribution in [2.45, 2.75) is 25.3 Å². The Morgan fingerprint density at radius 2 is 2.09 bits per heavy atom. The first-order valence-corrected chi connectivity index (χ1v) is 7.41. The molecule has 0 radical (unpaired) electrons. The number of hydrogen-bond donors (Lipinski definition) is 1. The lowest BCUT2D eigenvalue weighted by molar-refractivity contribution is -0.143. The number of rotatable bonds is 5. The van der Waals surface area contributed by atoms with Crippen LogP contribution in [-0.2, 0) is 9.53 Å². The Hall–Kier alpha value is -2.43. The van der Waals surface area contributed by atoms with E-state index in [1.54, 1.807) is 12.3 Å². The van der Waals surface area contributed by atoms with Gasteiger partial charge in [0.1, 0.15) is 6.04 Å². The third kappa shape index (κ3) is 3.08. The number of nitrogens with one attached hydrogen (secondary N) is 1. The van der Waals surface area contributed by atoms with E-state index in [4.69, 9.17) is 4.74 Å². The minimum Gasteiger partial charge on any atom is -0.467 e. The summed E-state index contributed by atoms with van der Waals surface area (Å²) >= 11 is 0. The van der Waals surface area contributed by atoms with E-state index >= 15 is 0 Å². The second kappa shape index (κ2) is 6.13. The summed E-state index contributed by atoms with van der Waals surface area (Å²) in [4.78, 5) is 28.7. The summed E-state index contributed by atoms with van der Waals surface area (Å²) in [5.41, 5.74) is 1.11. The molecule has 1 amide bonds.